The van der Waals surface area contributed by atoms with E-state index in [1.165, 1.54) is 19.3 Å². The number of hydrogen-bond acceptors (Lipinski definition) is 5. The summed E-state index contributed by atoms with van der Waals surface area (Å²) in [7, 11) is 0. The topological polar surface area (TPSA) is 94.3 Å². The van der Waals surface area contributed by atoms with E-state index >= 15 is 0 Å². The van der Waals surface area contributed by atoms with Crippen LogP contribution in [0.4, 0.5) is 0 Å². The number of aromatic amines is 1. The van der Waals surface area contributed by atoms with Gasteiger partial charge in [-0.2, -0.15) is 0 Å². The van der Waals surface area contributed by atoms with Gasteiger partial charge in [-0.05, 0) is 65.0 Å². The van der Waals surface area contributed by atoms with Crippen molar-refractivity contribution in [1.29, 1.82) is 0 Å². The molecule has 3 aromatic heterocycles. The Labute approximate surface area is 224 Å². The summed E-state index contributed by atoms with van der Waals surface area (Å²) < 4.78 is 3.87. The van der Waals surface area contributed by atoms with Crippen LogP contribution in [0.3, 0.4) is 0 Å². The first kappa shape index (κ1) is 26.1. The zero-order chi connectivity index (χ0) is 26.6. The second kappa shape index (κ2) is 11.5. The van der Waals surface area contributed by atoms with Gasteiger partial charge in [0.2, 0.25) is 0 Å². The molecule has 1 aliphatic rings. The number of pyridine rings is 1. The zero-order valence-corrected chi connectivity index (χ0v) is 22.9. The molecule has 4 unspecified atom stereocenters. The molecule has 0 spiro atoms. The standard InChI is InChI=1S/C30H39N7O/c1-5-9-27(28-22(6-2)13-14-23(28)20(3)4)37-17-16-36(30(37)38)19-21-12-15-26(31-18-21)24-10-7-8-11-25(24)29-32-34-35-33-29/h7-8,10-12,15-18,20,22-23,27-28H,5-6,9,13-14,19H2,1-4H3,(H,32,33,34,35). The molecule has 38 heavy (non-hydrogen) atoms. The van der Waals surface area contributed by atoms with Gasteiger partial charge in [-0.15, -0.1) is 5.10 Å². The number of tetrazole rings is 1. The van der Waals surface area contributed by atoms with Crippen LogP contribution in [0.2, 0.25) is 0 Å². The molecule has 3 heterocycles. The molecule has 1 fully saturated rings. The number of hydrogen-bond donors (Lipinski definition) is 1. The lowest BCUT2D eigenvalue weighted by Gasteiger charge is -2.35. The van der Waals surface area contributed by atoms with Crippen molar-refractivity contribution in [2.75, 3.05) is 0 Å². The van der Waals surface area contributed by atoms with Gasteiger partial charge in [0.1, 0.15) is 0 Å². The summed E-state index contributed by atoms with van der Waals surface area (Å²) in [5.41, 5.74) is 3.75. The molecule has 0 aliphatic heterocycles. The Kier molecular flexibility index (Phi) is 7.86. The summed E-state index contributed by atoms with van der Waals surface area (Å²) in [4.78, 5) is 18.4. The smallest absolute Gasteiger partial charge is 0.296 e. The Balaban J connectivity index is 1.38. The Hall–Kier alpha value is -3.55. The van der Waals surface area contributed by atoms with Crippen molar-refractivity contribution in [2.45, 2.75) is 72.4 Å². The molecular weight excluding hydrogens is 474 g/mol. The van der Waals surface area contributed by atoms with Crippen LogP contribution >= 0.6 is 0 Å². The number of imidazole rings is 1. The van der Waals surface area contributed by atoms with Gasteiger partial charge in [-0.25, -0.2) is 9.89 Å². The van der Waals surface area contributed by atoms with Crippen LogP contribution in [0.25, 0.3) is 22.6 Å². The molecule has 1 N–H and O–H groups in total. The molecule has 1 saturated carbocycles. The third kappa shape index (κ3) is 5.08. The van der Waals surface area contributed by atoms with Crippen LogP contribution in [0.5, 0.6) is 0 Å². The number of H-pyrrole nitrogens is 1. The fourth-order valence-corrected chi connectivity index (χ4v) is 6.67. The van der Waals surface area contributed by atoms with Crippen LogP contribution in [0, 0.1) is 23.7 Å². The van der Waals surface area contributed by atoms with E-state index in [0.717, 1.165) is 35.2 Å². The highest BCUT2D eigenvalue weighted by molar-refractivity contribution is 5.78. The molecule has 8 heteroatoms. The largest absolute Gasteiger partial charge is 0.328 e. The molecule has 0 radical (unpaired) electrons. The summed E-state index contributed by atoms with van der Waals surface area (Å²) in [5.74, 6) is 3.19. The lowest BCUT2D eigenvalue weighted by Crippen LogP contribution is -2.35. The molecule has 0 saturated heterocycles. The van der Waals surface area contributed by atoms with Crippen molar-refractivity contribution in [3.05, 3.63) is 71.0 Å². The first-order valence-electron chi connectivity index (χ1n) is 14.1. The van der Waals surface area contributed by atoms with Crippen LogP contribution in [-0.4, -0.2) is 34.7 Å². The van der Waals surface area contributed by atoms with E-state index in [0.29, 0.717) is 36.0 Å². The van der Waals surface area contributed by atoms with Gasteiger partial charge in [0.25, 0.3) is 0 Å². The van der Waals surface area contributed by atoms with Gasteiger partial charge in [0, 0.05) is 35.8 Å². The average molecular weight is 514 g/mol. The van der Waals surface area contributed by atoms with Crippen molar-refractivity contribution < 1.29 is 0 Å². The van der Waals surface area contributed by atoms with E-state index in [9.17, 15) is 4.79 Å². The van der Waals surface area contributed by atoms with Gasteiger partial charge in [0.05, 0.1) is 12.2 Å². The summed E-state index contributed by atoms with van der Waals surface area (Å²) in [6.45, 7) is 9.75. The van der Waals surface area contributed by atoms with Crippen LogP contribution < -0.4 is 5.69 Å². The molecular formula is C30H39N7O. The monoisotopic (exact) mass is 513 g/mol. The summed E-state index contributed by atoms with van der Waals surface area (Å²) >= 11 is 0. The summed E-state index contributed by atoms with van der Waals surface area (Å²) in [6.07, 6.45) is 11.7. The number of aromatic nitrogens is 7. The fourth-order valence-electron chi connectivity index (χ4n) is 6.67. The minimum Gasteiger partial charge on any atom is -0.296 e. The summed E-state index contributed by atoms with van der Waals surface area (Å²) in [5, 5.41) is 14.3. The van der Waals surface area contributed by atoms with E-state index in [1.54, 1.807) is 0 Å². The summed E-state index contributed by atoms with van der Waals surface area (Å²) in [6, 6.07) is 12.2. The Morgan fingerprint density at radius 3 is 2.53 bits per heavy atom. The van der Waals surface area contributed by atoms with Gasteiger partial charge in [-0.1, -0.05) is 70.9 Å². The molecule has 200 valence electrons. The second-order valence-electron chi connectivity index (χ2n) is 11.0. The molecule has 1 aliphatic carbocycles. The average Bonchev–Trinajstić information content (AvgIpc) is 3.69. The van der Waals surface area contributed by atoms with Crippen LogP contribution in [0.1, 0.15) is 71.4 Å². The maximum Gasteiger partial charge on any atom is 0.328 e. The van der Waals surface area contributed by atoms with Crippen molar-refractivity contribution in [2.24, 2.45) is 23.7 Å². The normalized spacial score (nSPS) is 20.3. The number of benzene rings is 1. The van der Waals surface area contributed by atoms with Gasteiger partial charge >= 0.3 is 5.69 Å². The number of nitrogens with zero attached hydrogens (tertiary/aromatic N) is 6. The van der Waals surface area contributed by atoms with Gasteiger partial charge in [0.15, 0.2) is 5.82 Å². The first-order chi connectivity index (χ1) is 18.5. The third-order valence-corrected chi connectivity index (χ3v) is 8.53. The second-order valence-corrected chi connectivity index (χ2v) is 11.0. The Morgan fingerprint density at radius 2 is 1.87 bits per heavy atom. The number of nitrogens with one attached hydrogen (secondary N) is 1. The van der Waals surface area contributed by atoms with E-state index in [1.807, 2.05) is 64.1 Å². The predicted molar refractivity (Wildman–Crippen MR) is 149 cm³/mol. The third-order valence-electron chi connectivity index (χ3n) is 8.53. The molecule has 0 bridgehead atoms. The molecule has 4 atom stereocenters. The lowest BCUT2D eigenvalue weighted by atomic mass is 9.76. The van der Waals surface area contributed by atoms with E-state index in [4.69, 9.17) is 4.98 Å². The Bertz CT molecular complexity index is 1370. The molecule has 8 nitrogen and oxygen atoms in total. The van der Waals surface area contributed by atoms with E-state index in [-0.39, 0.29) is 11.7 Å². The van der Waals surface area contributed by atoms with Crippen molar-refractivity contribution in [3.63, 3.8) is 0 Å². The maximum atomic E-state index is 13.7. The molecule has 0 amide bonds. The Morgan fingerprint density at radius 1 is 1.05 bits per heavy atom. The van der Waals surface area contributed by atoms with Crippen LogP contribution in [-0.2, 0) is 6.54 Å². The quantitative estimate of drug-likeness (QED) is 0.281. The van der Waals surface area contributed by atoms with Crippen molar-refractivity contribution in [1.82, 2.24) is 34.7 Å². The molecule has 1 aromatic carbocycles. The van der Waals surface area contributed by atoms with E-state index in [2.05, 4.69) is 48.3 Å². The van der Waals surface area contributed by atoms with Crippen molar-refractivity contribution in [3.8, 4) is 22.6 Å². The fraction of sp³-hybridized carbons (Fsp3) is 0.500. The maximum absolute atomic E-state index is 13.7. The lowest BCUT2D eigenvalue weighted by molar-refractivity contribution is 0.156. The van der Waals surface area contributed by atoms with Crippen LogP contribution in [0.15, 0.2) is 59.8 Å². The predicted octanol–water partition coefficient (Wildman–Crippen LogP) is 5.99. The first-order valence-corrected chi connectivity index (χ1v) is 14.1. The van der Waals surface area contributed by atoms with Gasteiger partial charge in [-0.3, -0.25) is 14.1 Å². The molecule has 5 rings (SSSR count). The highest BCUT2D eigenvalue weighted by Crippen LogP contribution is 2.49. The number of rotatable bonds is 10. The van der Waals surface area contributed by atoms with Gasteiger partial charge < -0.3 is 0 Å². The van der Waals surface area contributed by atoms with E-state index < -0.39 is 0 Å². The van der Waals surface area contributed by atoms with Crippen molar-refractivity contribution >= 4 is 0 Å². The SMILES string of the molecule is CCCC(C1C(CC)CCC1C(C)C)n1ccn(Cc2ccc(-c3ccccc3-c3nnn[nH]3)nc2)c1=O. The highest BCUT2D eigenvalue weighted by Gasteiger charge is 2.42. The molecule has 4 aromatic rings. The minimum atomic E-state index is 0.0833. The highest BCUT2D eigenvalue weighted by atomic mass is 16.1. The zero-order valence-electron chi connectivity index (χ0n) is 22.9. The minimum absolute atomic E-state index is 0.0833.